The second kappa shape index (κ2) is 6.11. The van der Waals surface area contributed by atoms with Gasteiger partial charge in [0.1, 0.15) is 18.2 Å². The fraction of sp³-hybridized carbons (Fsp3) is 0.250. The first-order chi connectivity index (χ1) is 10.7. The van der Waals surface area contributed by atoms with Crippen molar-refractivity contribution in [3.05, 3.63) is 53.6 Å². The number of carbonyl (C=O) groups excluding carboxylic acids is 1. The molecule has 1 aromatic heterocycles. The number of aliphatic hydroxyl groups excluding tert-OH is 1. The molecule has 1 amide bonds. The number of aromatic nitrogens is 1. The summed E-state index contributed by atoms with van der Waals surface area (Å²) in [6.07, 6.45) is 3.44. The minimum Gasteiger partial charge on any atom is -0.492 e. The van der Waals surface area contributed by atoms with Gasteiger partial charge in [0.25, 0.3) is 0 Å². The van der Waals surface area contributed by atoms with E-state index in [1.165, 1.54) is 18.3 Å². The van der Waals surface area contributed by atoms with E-state index in [-0.39, 0.29) is 24.9 Å². The van der Waals surface area contributed by atoms with Crippen LogP contribution >= 0.6 is 0 Å². The van der Waals surface area contributed by atoms with E-state index in [0.29, 0.717) is 29.0 Å². The maximum Gasteiger partial charge on any atom is 0.231 e. The molecule has 1 unspecified atom stereocenters. The van der Waals surface area contributed by atoms with Crippen molar-refractivity contribution in [1.29, 1.82) is 0 Å². The quantitative estimate of drug-likeness (QED) is 0.908. The second-order valence-electron chi connectivity index (χ2n) is 5.14. The topological polar surface area (TPSA) is 71.5 Å². The second-order valence-corrected chi connectivity index (χ2v) is 5.14. The highest BCUT2D eigenvalue weighted by Gasteiger charge is 2.26. The Kier molecular flexibility index (Phi) is 4.02. The molecule has 1 aromatic carbocycles. The average molecular weight is 302 g/mol. The highest BCUT2D eigenvalue weighted by atomic mass is 19.1. The van der Waals surface area contributed by atoms with Gasteiger partial charge in [-0.25, -0.2) is 4.39 Å². The Balaban J connectivity index is 1.74. The van der Waals surface area contributed by atoms with Gasteiger partial charge in [-0.05, 0) is 36.2 Å². The van der Waals surface area contributed by atoms with Gasteiger partial charge >= 0.3 is 0 Å². The number of nitrogens with one attached hydrogen (secondary N) is 1. The van der Waals surface area contributed by atoms with Crippen LogP contribution < -0.4 is 10.1 Å². The molecule has 2 N–H and O–H groups in total. The first kappa shape index (κ1) is 14.5. The van der Waals surface area contributed by atoms with E-state index in [1.54, 1.807) is 18.3 Å². The largest absolute Gasteiger partial charge is 0.492 e. The molecule has 3 rings (SSSR count). The summed E-state index contributed by atoms with van der Waals surface area (Å²) in [5.41, 5.74) is 1.74. The number of anilines is 1. The lowest BCUT2D eigenvalue weighted by Crippen LogP contribution is -2.33. The van der Waals surface area contributed by atoms with Gasteiger partial charge in [0, 0.05) is 11.8 Å². The first-order valence-corrected chi connectivity index (χ1v) is 6.93. The highest BCUT2D eigenvalue weighted by molar-refractivity contribution is 5.93. The Hall–Kier alpha value is -2.47. The van der Waals surface area contributed by atoms with Crippen LogP contribution in [-0.4, -0.2) is 22.6 Å². The smallest absolute Gasteiger partial charge is 0.231 e. The van der Waals surface area contributed by atoms with Crippen LogP contribution in [0.25, 0.3) is 0 Å². The van der Waals surface area contributed by atoms with Crippen LogP contribution in [0.2, 0.25) is 0 Å². The molecule has 0 saturated heterocycles. The van der Waals surface area contributed by atoms with Crippen LogP contribution in [0, 0.1) is 11.7 Å². The number of halogens is 1. The van der Waals surface area contributed by atoms with E-state index in [9.17, 15) is 14.3 Å². The number of fused-ring (bicyclic) bond motifs is 1. The third kappa shape index (κ3) is 2.92. The molecular weight excluding hydrogens is 287 g/mol. The van der Waals surface area contributed by atoms with Gasteiger partial charge in [-0.15, -0.1) is 0 Å². The van der Waals surface area contributed by atoms with Crippen LogP contribution in [0.4, 0.5) is 10.1 Å². The summed E-state index contributed by atoms with van der Waals surface area (Å²) in [4.78, 5) is 16.3. The molecule has 114 valence electrons. The normalized spacial score (nSPS) is 16.5. The van der Waals surface area contributed by atoms with Crippen molar-refractivity contribution in [2.24, 2.45) is 5.92 Å². The molecule has 0 spiro atoms. The Morgan fingerprint density at radius 1 is 1.45 bits per heavy atom. The molecule has 1 atom stereocenters. The molecular formula is C16H15FN2O3. The highest BCUT2D eigenvalue weighted by Crippen LogP contribution is 2.28. The minimum absolute atomic E-state index is 0.187. The molecule has 1 aliphatic heterocycles. The van der Waals surface area contributed by atoms with Gasteiger partial charge < -0.3 is 15.2 Å². The number of nitrogens with zero attached hydrogens (tertiary/aromatic N) is 1. The zero-order valence-electron chi connectivity index (χ0n) is 11.8. The maximum atomic E-state index is 13.3. The van der Waals surface area contributed by atoms with E-state index >= 15 is 0 Å². The number of carbonyl (C=O) groups is 1. The van der Waals surface area contributed by atoms with Crippen molar-refractivity contribution >= 4 is 11.6 Å². The molecule has 2 heterocycles. The van der Waals surface area contributed by atoms with Crippen molar-refractivity contribution in [3.63, 3.8) is 0 Å². The number of benzene rings is 1. The molecule has 0 bridgehead atoms. The number of hydrogen-bond acceptors (Lipinski definition) is 4. The predicted molar refractivity (Wildman–Crippen MR) is 77.9 cm³/mol. The monoisotopic (exact) mass is 302 g/mol. The van der Waals surface area contributed by atoms with E-state index in [1.807, 2.05) is 0 Å². The standard InChI is InChI=1S/C16H15FN2O3/c17-13-1-2-15-11(6-13)5-12(9-22-15)16(21)19-14-7-18-4-3-10(14)8-20/h1-4,6-7,12,20H,5,8-9H2,(H,19,21). The van der Waals surface area contributed by atoms with Crippen LogP contribution in [0.15, 0.2) is 36.7 Å². The summed E-state index contributed by atoms with van der Waals surface area (Å²) in [6, 6.07) is 5.93. The molecule has 0 radical (unpaired) electrons. The van der Waals surface area contributed by atoms with Gasteiger partial charge in [-0.3, -0.25) is 9.78 Å². The van der Waals surface area contributed by atoms with Gasteiger partial charge in [0.05, 0.1) is 24.4 Å². The lowest BCUT2D eigenvalue weighted by molar-refractivity contribution is -0.121. The van der Waals surface area contributed by atoms with E-state index in [2.05, 4.69) is 10.3 Å². The maximum absolute atomic E-state index is 13.3. The Bertz CT molecular complexity index is 706. The van der Waals surface area contributed by atoms with Crippen LogP contribution in [-0.2, 0) is 17.8 Å². The molecule has 2 aromatic rings. The summed E-state index contributed by atoms with van der Waals surface area (Å²) in [5.74, 6) is -0.389. The number of rotatable bonds is 3. The van der Waals surface area contributed by atoms with Gasteiger partial charge in [0.2, 0.25) is 5.91 Å². The zero-order valence-corrected chi connectivity index (χ0v) is 11.8. The Labute approximate surface area is 126 Å². The SMILES string of the molecule is O=C(Nc1cnccc1CO)C1COc2ccc(F)cc2C1. The molecule has 22 heavy (non-hydrogen) atoms. The number of hydrogen-bond donors (Lipinski definition) is 2. The minimum atomic E-state index is -0.416. The van der Waals surface area contributed by atoms with E-state index in [4.69, 9.17) is 4.74 Å². The lowest BCUT2D eigenvalue weighted by atomic mass is 9.96. The number of aliphatic hydroxyl groups is 1. The predicted octanol–water partition coefficient (Wildman–Crippen LogP) is 1.90. The summed E-state index contributed by atoms with van der Waals surface area (Å²) in [6.45, 7) is 0.0481. The third-order valence-corrected chi connectivity index (χ3v) is 3.64. The fourth-order valence-electron chi connectivity index (χ4n) is 2.44. The van der Waals surface area contributed by atoms with Gasteiger partial charge in [-0.2, -0.15) is 0 Å². The van der Waals surface area contributed by atoms with Crippen molar-refractivity contribution in [3.8, 4) is 5.75 Å². The van der Waals surface area contributed by atoms with Crippen molar-refractivity contribution in [2.75, 3.05) is 11.9 Å². The van der Waals surface area contributed by atoms with Gasteiger partial charge in [0.15, 0.2) is 0 Å². The molecule has 0 fully saturated rings. The molecule has 0 saturated carbocycles. The first-order valence-electron chi connectivity index (χ1n) is 6.93. The molecule has 6 heteroatoms. The summed E-state index contributed by atoms with van der Waals surface area (Å²) >= 11 is 0. The van der Waals surface area contributed by atoms with Crippen LogP contribution in [0.3, 0.4) is 0 Å². The van der Waals surface area contributed by atoms with Crippen molar-refractivity contribution in [1.82, 2.24) is 4.98 Å². The van der Waals surface area contributed by atoms with E-state index < -0.39 is 5.92 Å². The van der Waals surface area contributed by atoms with Crippen LogP contribution in [0.5, 0.6) is 5.75 Å². The lowest BCUT2D eigenvalue weighted by Gasteiger charge is -2.24. The average Bonchev–Trinajstić information content (AvgIpc) is 2.54. The third-order valence-electron chi connectivity index (χ3n) is 3.64. The summed E-state index contributed by atoms with van der Waals surface area (Å²) < 4.78 is 18.8. The Morgan fingerprint density at radius 2 is 2.32 bits per heavy atom. The zero-order chi connectivity index (χ0) is 15.5. The van der Waals surface area contributed by atoms with Gasteiger partial charge in [-0.1, -0.05) is 0 Å². The van der Waals surface area contributed by atoms with Crippen LogP contribution in [0.1, 0.15) is 11.1 Å². The molecule has 1 aliphatic rings. The fourth-order valence-corrected chi connectivity index (χ4v) is 2.44. The summed E-state index contributed by atoms with van der Waals surface area (Å²) in [5, 5.41) is 12.0. The number of ether oxygens (including phenoxy) is 1. The van der Waals surface area contributed by atoms with E-state index in [0.717, 1.165) is 0 Å². The van der Waals surface area contributed by atoms with Crippen molar-refractivity contribution < 1.29 is 19.0 Å². The molecule has 5 nitrogen and oxygen atoms in total. The molecule has 0 aliphatic carbocycles. The summed E-state index contributed by atoms with van der Waals surface area (Å²) in [7, 11) is 0. The Morgan fingerprint density at radius 3 is 3.14 bits per heavy atom. The van der Waals surface area contributed by atoms with Crippen molar-refractivity contribution in [2.45, 2.75) is 13.0 Å². The number of pyridine rings is 1. The number of amides is 1.